The summed E-state index contributed by atoms with van der Waals surface area (Å²) in [5, 5.41) is 12.2. The molecule has 192 valence electrons. The Hall–Kier alpha value is -3.89. The Kier molecular flexibility index (Phi) is 8.42. The van der Waals surface area contributed by atoms with E-state index < -0.39 is 0 Å². The van der Waals surface area contributed by atoms with Gasteiger partial charge in [0.05, 0.1) is 29.9 Å². The average molecular weight is 499 g/mol. The molecule has 1 N–H and O–H groups in total. The van der Waals surface area contributed by atoms with Crippen LogP contribution in [0.2, 0.25) is 0 Å². The van der Waals surface area contributed by atoms with Crippen LogP contribution in [-0.2, 0) is 0 Å². The molecule has 1 fully saturated rings. The van der Waals surface area contributed by atoms with Gasteiger partial charge in [0.1, 0.15) is 5.75 Å². The summed E-state index contributed by atoms with van der Waals surface area (Å²) in [7, 11) is 0. The Balaban J connectivity index is 1.52. The number of nitrogens with one attached hydrogen (secondary N) is 1. The van der Waals surface area contributed by atoms with E-state index in [0.29, 0.717) is 23.6 Å². The van der Waals surface area contributed by atoms with Gasteiger partial charge in [-0.05, 0) is 81.6 Å². The van der Waals surface area contributed by atoms with Gasteiger partial charge >= 0.3 is 0 Å². The molecule has 1 aliphatic rings. The number of carbonyl (C=O) groups is 1. The van der Waals surface area contributed by atoms with Crippen LogP contribution >= 0.6 is 0 Å². The second-order valence-electron chi connectivity index (χ2n) is 9.88. The van der Waals surface area contributed by atoms with E-state index in [9.17, 15) is 4.79 Å². The van der Waals surface area contributed by atoms with Crippen molar-refractivity contribution >= 4 is 5.91 Å². The van der Waals surface area contributed by atoms with Crippen molar-refractivity contribution in [1.82, 2.24) is 15.2 Å². The average Bonchev–Trinajstić information content (AvgIpc) is 3.33. The van der Waals surface area contributed by atoms with Crippen LogP contribution in [0.1, 0.15) is 67.2 Å². The van der Waals surface area contributed by atoms with Gasteiger partial charge in [-0.25, -0.2) is 4.98 Å². The van der Waals surface area contributed by atoms with E-state index >= 15 is 0 Å². The largest absolute Gasteiger partial charge is 0.491 e. The SMILES string of the molecule is CC(C)Oc1ccc(C(c2ccc(OC(C)C)nc2)N2CC[C@@H](NC(=O)c3ccc(C#N)cc3)C2)cc1. The molecule has 4 rings (SSSR count). The van der Waals surface area contributed by atoms with Gasteiger partial charge in [0.25, 0.3) is 5.91 Å². The number of nitriles is 1. The van der Waals surface area contributed by atoms with Crippen LogP contribution in [0.3, 0.4) is 0 Å². The lowest BCUT2D eigenvalue weighted by Gasteiger charge is -2.29. The fourth-order valence-corrected chi connectivity index (χ4v) is 4.58. The standard InChI is InChI=1S/C30H34N4O3/c1-20(2)36-27-12-9-23(10-13-27)29(25-11-14-28(32-18-25)37-21(3)4)34-16-15-26(19-34)33-30(35)24-7-5-22(17-31)6-8-24/h5-14,18,20-21,26,29H,15-16,19H2,1-4H3,(H,33,35)/t26-,29?/m1/s1. The van der Waals surface area contributed by atoms with Crippen LogP contribution in [0.25, 0.3) is 0 Å². The van der Waals surface area contributed by atoms with Gasteiger partial charge in [0.15, 0.2) is 0 Å². The van der Waals surface area contributed by atoms with Crippen LogP contribution in [0.15, 0.2) is 66.9 Å². The molecule has 1 amide bonds. The molecule has 37 heavy (non-hydrogen) atoms. The van der Waals surface area contributed by atoms with Crippen molar-refractivity contribution < 1.29 is 14.3 Å². The smallest absolute Gasteiger partial charge is 0.251 e. The fraction of sp³-hybridized carbons (Fsp3) is 0.367. The van der Waals surface area contributed by atoms with E-state index in [1.807, 2.05) is 52.1 Å². The summed E-state index contributed by atoms with van der Waals surface area (Å²) in [5.74, 6) is 1.32. The van der Waals surface area contributed by atoms with E-state index in [-0.39, 0.29) is 30.2 Å². The van der Waals surface area contributed by atoms with Crippen molar-refractivity contribution in [3.05, 3.63) is 89.1 Å². The molecule has 7 heteroatoms. The zero-order valence-corrected chi connectivity index (χ0v) is 21.8. The lowest BCUT2D eigenvalue weighted by molar-refractivity contribution is 0.0937. The first kappa shape index (κ1) is 26.2. The highest BCUT2D eigenvalue weighted by Crippen LogP contribution is 2.33. The third-order valence-electron chi connectivity index (χ3n) is 6.20. The van der Waals surface area contributed by atoms with Crippen molar-refractivity contribution in [2.75, 3.05) is 13.1 Å². The Morgan fingerprint density at radius 2 is 1.65 bits per heavy atom. The molecule has 0 aliphatic carbocycles. The number of carbonyl (C=O) groups excluding carboxylic acids is 1. The monoisotopic (exact) mass is 498 g/mol. The van der Waals surface area contributed by atoms with E-state index in [0.717, 1.165) is 29.8 Å². The number of hydrogen-bond donors (Lipinski definition) is 1. The molecule has 0 saturated carbocycles. The molecule has 1 unspecified atom stereocenters. The second-order valence-corrected chi connectivity index (χ2v) is 9.88. The summed E-state index contributed by atoms with van der Waals surface area (Å²) in [6, 6.07) is 21.0. The zero-order valence-electron chi connectivity index (χ0n) is 21.8. The van der Waals surface area contributed by atoms with Gasteiger partial charge in [0, 0.05) is 37.0 Å². The number of benzene rings is 2. The van der Waals surface area contributed by atoms with Crippen molar-refractivity contribution in [3.63, 3.8) is 0 Å². The number of nitrogens with zero attached hydrogens (tertiary/aromatic N) is 3. The van der Waals surface area contributed by atoms with Gasteiger partial charge in [-0.1, -0.05) is 18.2 Å². The normalized spacial score (nSPS) is 16.4. The van der Waals surface area contributed by atoms with Gasteiger partial charge < -0.3 is 14.8 Å². The first-order valence-corrected chi connectivity index (χ1v) is 12.8. The van der Waals surface area contributed by atoms with Crippen molar-refractivity contribution in [2.45, 2.75) is 58.4 Å². The minimum Gasteiger partial charge on any atom is -0.491 e. The molecule has 0 radical (unpaired) electrons. The number of ether oxygens (including phenoxy) is 2. The molecule has 3 aromatic rings. The second kappa shape index (κ2) is 11.9. The molecule has 0 bridgehead atoms. The molecular formula is C30H34N4O3. The molecule has 1 aliphatic heterocycles. The molecular weight excluding hydrogens is 464 g/mol. The molecule has 2 heterocycles. The molecule has 1 aromatic heterocycles. The Morgan fingerprint density at radius 1 is 0.973 bits per heavy atom. The highest BCUT2D eigenvalue weighted by molar-refractivity contribution is 5.94. The maximum absolute atomic E-state index is 12.8. The van der Waals surface area contributed by atoms with Gasteiger partial charge in [-0.15, -0.1) is 0 Å². The number of aromatic nitrogens is 1. The number of pyridine rings is 1. The van der Waals surface area contributed by atoms with E-state index in [4.69, 9.17) is 14.7 Å². The third kappa shape index (κ3) is 6.87. The third-order valence-corrected chi connectivity index (χ3v) is 6.20. The quantitative estimate of drug-likeness (QED) is 0.441. The summed E-state index contributed by atoms with van der Waals surface area (Å²) in [5.41, 5.74) is 3.29. The summed E-state index contributed by atoms with van der Waals surface area (Å²) < 4.78 is 11.6. The zero-order chi connectivity index (χ0) is 26.4. The number of rotatable bonds is 9. The summed E-state index contributed by atoms with van der Waals surface area (Å²) >= 11 is 0. The van der Waals surface area contributed by atoms with Gasteiger partial charge in [0.2, 0.25) is 5.88 Å². The number of likely N-dealkylation sites (tertiary alicyclic amines) is 1. The molecule has 2 aromatic carbocycles. The topological polar surface area (TPSA) is 87.5 Å². The molecule has 0 spiro atoms. The Labute approximate surface area is 219 Å². The highest BCUT2D eigenvalue weighted by Gasteiger charge is 2.31. The summed E-state index contributed by atoms with van der Waals surface area (Å²) in [6.07, 6.45) is 2.89. The molecule has 1 saturated heterocycles. The minimum atomic E-state index is -0.125. The van der Waals surface area contributed by atoms with Gasteiger partial charge in [-0.3, -0.25) is 9.69 Å². The van der Waals surface area contributed by atoms with Crippen molar-refractivity contribution in [1.29, 1.82) is 5.26 Å². The maximum Gasteiger partial charge on any atom is 0.251 e. The number of hydrogen-bond acceptors (Lipinski definition) is 6. The van der Waals surface area contributed by atoms with Crippen LogP contribution in [0, 0.1) is 11.3 Å². The maximum atomic E-state index is 12.8. The lowest BCUT2D eigenvalue weighted by atomic mass is 9.98. The molecule has 2 atom stereocenters. The van der Waals surface area contributed by atoms with E-state index in [1.54, 1.807) is 24.3 Å². The van der Waals surface area contributed by atoms with Crippen molar-refractivity contribution in [2.24, 2.45) is 0 Å². The highest BCUT2D eigenvalue weighted by atomic mass is 16.5. The Morgan fingerprint density at radius 3 is 2.24 bits per heavy atom. The predicted molar refractivity (Wildman–Crippen MR) is 143 cm³/mol. The minimum absolute atomic E-state index is 0.0192. The summed E-state index contributed by atoms with van der Waals surface area (Å²) in [4.78, 5) is 19.7. The van der Waals surface area contributed by atoms with Crippen LogP contribution in [0.5, 0.6) is 11.6 Å². The fourth-order valence-electron chi connectivity index (χ4n) is 4.58. The summed E-state index contributed by atoms with van der Waals surface area (Å²) in [6.45, 7) is 9.53. The first-order valence-electron chi connectivity index (χ1n) is 12.8. The number of amides is 1. The van der Waals surface area contributed by atoms with Crippen molar-refractivity contribution in [3.8, 4) is 17.7 Å². The molecule has 7 nitrogen and oxygen atoms in total. The Bertz CT molecular complexity index is 1160. The van der Waals surface area contributed by atoms with Crippen LogP contribution < -0.4 is 14.8 Å². The van der Waals surface area contributed by atoms with Crippen LogP contribution in [0.4, 0.5) is 0 Å². The van der Waals surface area contributed by atoms with Gasteiger partial charge in [-0.2, -0.15) is 5.26 Å². The first-order chi connectivity index (χ1) is 17.8. The van der Waals surface area contributed by atoms with Crippen LogP contribution in [-0.4, -0.2) is 47.1 Å². The lowest BCUT2D eigenvalue weighted by Crippen LogP contribution is -2.38. The van der Waals surface area contributed by atoms with E-state index in [2.05, 4.69) is 39.5 Å². The van der Waals surface area contributed by atoms with E-state index in [1.165, 1.54) is 0 Å². The predicted octanol–water partition coefficient (Wildman–Crippen LogP) is 5.12.